The van der Waals surface area contributed by atoms with Crippen molar-refractivity contribution in [3.8, 4) is 0 Å². The number of amides is 1. The molecule has 0 fully saturated rings. The Morgan fingerprint density at radius 3 is 2.68 bits per heavy atom. The summed E-state index contributed by atoms with van der Waals surface area (Å²) in [6, 6.07) is 1.89. The molecule has 1 aromatic carbocycles. The van der Waals surface area contributed by atoms with Crippen LogP contribution in [0.3, 0.4) is 0 Å². The number of aryl methyl sites for hydroxylation is 1. The molecular weight excluding hydrogens is 382 g/mol. The van der Waals surface area contributed by atoms with Crippen LogP contribution in [0.4, 0.5) is 28.0 Å². The van der Waals surface area contributed by atoms with E-state index in [9.17, 15) is 27.2 Å². The van der Waals surface area contributed by atoms with Crippen molar-refractivity contribution >= 4 is 17.6 Å². The fourth-order valence-electron chi connectivity index (χ4n) is 2.36. The van der Waals surface area contributed by atoms with Crippen LogP contribution in [0.1, 0.15) is 37.3 Å². The maximum absolute atomic E-state index is 13.6. The van der Waals surface area contributed by atoms with E-state index in [-0.39, 0.29) is 11.3 Å². The van der Waals surface area contributed by atoms with Gasteiger partial charge in [0.2, 0.25) is 0 Å². The Balaban J connectivity index is 1.84. The molecule has 1 amide bonds. The summed E-state index contributed by atoms with van der Waals surface area (Å²) < 4.78 is 58.0. The molecule has 0 atom stereocenters. The van der Waals surface area contributed by atoms with Crippen molar-refractivity contribution in [1.29, 1.82) is 0 Å². The summed E-state index contributed by atoms with van der Waals surface area (Å²) >= 11 is 0. The van der Waals surface area contributed by atoms with Crippen molar-refractivity contribution in [3.05, 3.63) is 47.5 Å². The number of halogens is 4. The molecule has 0 saturated carbocycles. The van der Waals surface area contributed by atoms with Gasteiger partial charge in [-0.05, 0) is 38.0 Å². The van der Waals surface area contributed by atoms with Crippen molar-refractivity contribution in [2.75, 3.05) is 5.32 Å². The van der Waals surface area contributed by atoms with E-state index in [0.717, 1.165) is 12.8 Å². The number of hydrogen-bond acceptors (Lipinski definition) is 4. The zero-order valence-corrected chi connectivity index (χ0v) is 15.1. The smallest absolute Gasteiger partial charge is 0.416 e. The van der Waals surface area contributed by atoms with Gasteiger partial charge in [0, 0.05) is 24.7 Å². The van der Waals surface area contributed by atoms with Gasteiger partial charge in [0.05, 0.1) is 17.4 Å². The van der Waals surface area contributed by atoms with Crippen molar-refractivity contribution in [3.63, 3.8) is 0 Å². The lowest BCUT2D eigenvalue weighted by Gasteiger charge is -2.10. The van der Waals surface area contributed by atoms with Crippen molar-refractivity contribution < 1.29 is 31.9 Å². The standard InChI is InChI=1S/C18H19F4N3O3/c1-12(26)4-2-3-7-25-10-15(9-23-25)24-17(27)28-11-13-8-14(18(20,21)22)5-6-16(13)19/h5-6,8-10H,2-4,7,11H2,1H3,(H,24,27). The highest BCUT2D eigenvalue weighted by Gasteiger charge is 2.31. The van der Waals surface area contributed by atoms with Crippen molar-refractivity contribution in [2.24, 2.45) is 0 Å². The number of benzene rings is 1. The van der Waals surface area contributed by atoms with E-state index in [4.69, 9.17) is 4.74 Å². The van der Waals surface area contributed by atoms with Gasteiger partial charge in [-0.3, -0.25) is 10.00 Å². The van der Waals surface area contributed by atoms with Crippen LogP contribution in [-0.4, -0.2) is 21.7 Å². The Hall–Kier alpha value is -2.91. The van der Waals surface area contributed by atoms with Crippen LogP contribution in [0, 0.1) is 5.82 Å². The van der Waals surface area contributed by atoms with E-state index in [1.54, 1.807) is 10.9 Å². The van der Waals surface area contributed by atoms with Crippen LogP contribution in [-0.2, 0) is 28.9 Å². The van der Waals surface area contributed by atoms with Gasteiger partial charge in [-0.15, -0.1) is 0 Å². The van der Waals surface area contributed by atoms with Gasteiger partial charge >= 0.3 is 12.3 Å². The number of carbonyl (C=O) groups is 2. The van der Waals surface area contributed by atoms with Crippen LogP contribution >= 0.6 is 0 Å². The Morgan fingerprint density at radius 2 is 2.00 bits per heavy atom. The molecule has 0 aliphatic heterocycles. The SMILES string of the molecule is CC(=O)CCCCn1cc(NC(=O)OCc2cc(C(F)(F)F)ccc2F)cn1. The van der Waals surface area contributed by atoms with Gasteiger partial charge < -0.3 is 9.53 Å². The third-order valence-electron chi connectivity index (χ3n) is 3.78. The first kappa shape index (κ1) is 21.4. The maximum Gasteiger partial charge on any atom is 0.416 e. The number of unbranched alkanes of at least 4 members (excludes halogenated alkanes) is 1. The summed E-state index contributed by atoms with van der Waals surface area (Å²) in [6.45, 7) is 1.42. The first-order valence-corrected chi connectivity index (χ1v) is 8.46. The number of nitrogens with one attached hydrogen (secondary N) is 1. The zero-order valence-electron chi connectivity index (χ0n) is 15.1. The Bertz CT molecular complexity index is 834. The van der Waals surface area contributed by atoms with Gasteiger partial charge in [-0.2, -0.15) is 18.3 Å². The third-order valence-corrected chi connectivity index (χ3v) is 3.78. The molecule has 152 valence electrons. The molecule has 2 rings (SSSR count). The maximum atomic E-state index is 13.6. The van der Waals surface area contributed by atoms with E-state index in [1.807, 2.05) is 0 Å². The lowest BCUT2D eigenvalue weighted by atomic mass is 10.1. The van der Waals surface area contributed by atoms with Gasteiger partial charge in [0.25, 0.3) is 0 Å². The number of nitrogens with zero attached hydrogens (tertiary/aromatic N) is 2. The first-order valence-electron chi connectivity index (χ1n) is 8.46. The minimum absolute atomic E-state index is 0.114. The molecule has 0 aliphatic rings. The molecule has 1 N–H and O–H groups in total. The molecule has 1 heterocycles. The number of anilines is 1. The number of ether oxygens (including phenoxy) is 1. The summed E-state index contributed by atoms with van der Waals surface area (Å²) in [5, 5.41) is 6.40. The molecule has 10 heteroatoms. The minimum Gasteiger partial charge on any atom is -0.444 e. The van der Waals surface area contributed by atoms with Crippen LogP contribution in [0.15, 0.2) is 30.6 Å². The van der Waals surface area contributed by atoms with E-state index < -0.39 is 30.3 Å². The van der Waals surface area contributed by atoms with E-state index in [0.29, 0.717) is 36.9 Å². The quantitative estimate of drug-likeness (QED) is 0.520. The van der Waals surface area contributed by atoms with E-state index in [2.05, 4.69) is 10.4 Å². The number of hydrogen-bond donors (Lipinski definition) is 1. The molecule has 0 aliphatic carbocycles. The van der Waals surface area contributed by atoms with Crippen LogP contribution < -0.4 is 5.32 Å². The van der Waals surface area contributed by atoms with Crippen molar-refractivity contribution in [2.45, 2.75) is 45.5 Å². The average molecular weight is 401 g/mol. The largest absolute Gasteiger partial charge is 0.444 e. The predicted molar refractivity (Wildman–Crippen MR) is 92.0 cm³/mol. The summed E-state index contributed by atoms with van der Waals surface area (Å²) in [5.41, 5.74) is -1.09. The predicted octanol–water partition coefficient (Wildman–Crippen LogP) is 4.55. The third kappa shape index (κ3) is 6.67. The van der Waals surface area contributed by atoms with Gasteiger partial charge in [-0.1, -0.05) is 0 Å². The first-order chi connectivity index (χ1) is 13.1. The summed E-state index contributed by atoms with van der Waals surface area (Å²) in [4.78, 5) is 22.6. The van der Waals surface area contributed by atoms with Gasteiger partial charge in [0.1, 0.15) is 18.2 Å². The number of Topliss-reactive ketones (excluding diaryl/α,β-unsaturated/α-hetero) is 1. The Morgan fingerprint density at radius 1 is 1.25 bits per heavy atom. The van der Waals surface area contributed by atoms with Gasteiger partial charge in [0.15, 0.2) is 0 Å². The Kier molecular flexibility index (Phi) is 7.13. The fourth-order valence-corrected chi connectivity index (χ4v) is 2.36. The molecule has 0 unspecified atom stereocenters. The Labute approximate surface area is 158 Å². The molecule has 0 radical (unpaired) electrons. The second-order valence-electron chi connectivity index (χ2n) is 6.16. The summed E-state index contributed by atoms with van der Waals surface area (Å²) in [6.07, 6.45) is -0.707. The van der Waals surface area contributed by atoms with E-state index >= 15 is 0 Å². The summed E-state index contributed by atoms with van der Waals surface area (Å²) in [5.74, 6) is -0.790. The molecule has 0 saturated heterocycles. The lowest BCUT2D eigenvalue weighted by molar-refractivity contribution is -0.137. The minimum atomic E-state index is -4.62. The molecule has 2 aromatic rings. The normalized spacial score (nSPS) is 11.3. The number of aromatic nitrogens is 2. The number of carbonyl (C=O) groups excluding carboxylic acids is 2. The van der Waals surface area contributed by atoms with Crippen LogP contribution in [0.2, 0.25) is 0 Å². The molecule has 1 aromatic heterocycles. The van der Waals surface area contributed by atoms with Crippen LogP contribution in [0.25, 0.3) is 0 Å². The molecular formula is C18H19F4N3O3. The molecule has 0 spiro atoms. The molecule has 6 nitrogen and oxygen atoms in total. The highest BCUT2D eigenvalue weighted by Crippen LogP contribution is 2.30. The highest BCUT2D eigenvalue weighted by atomic mass is 19.4. The van der Waals surface area contributed by atoms with Crippen molar-refractivity contribution in [1.82, 2.24) is 9.78 Å². The zero-order chi connectivity index (χ0) is 20.7. The average Bonchev–Trinajstić information content (AvgIpc) is 3.04. The number of rotatable bonds is 8. The monoisotopic (exact) mass is 401 g/mol. The molecule has 0 bridgehead atoms. The lowest BCUT2D eigenvalue weighted by Crippen LogP contribution is -2.14. The summed E-state index contributed by atoms with van der Waals surface area (Å²) in [7, 11) is 0. The highest BCUT2D eigenvalue weighted by molar-refractivity contribution is 5.84. The fraction of sp³-hybridized carbons (Fsp3) is 0.389. The van der Waals surface area contributed by atoms with E-state index in [1.165, 1.54) is 13.1 Å². The number of alkyl halides is 3. The number of ketones is 1. The second kappa shape index (κ2) is 9.34. The topological polar surface area (TPSA) is 73.2 Å². The van der Waals surface area contributed by atoms with Crippen LogP contribution in [0.5, 0.6) is 0 Å². The molecule has 28 heavy (non-hydrogen) atoms. The van der Waals surface area contributed by atoms with Gasteiger partial charge in [-0.25, -0.2) is 9.18 Å². The second-order valence-corrected chi connectivity index (χ2v) is 6.16.